The topological polar surface area (TPSA) is 89.2 Å². The number of aryl methyl sites for hydroxylation is 1. The van der Waals surface area contributed by atoms with Crippen molar-refractivity contribution in [3.8, 4) is 0 Å². The predicted molar refractivity (Wildman–Crippen MR) is 110 cm³/mol. The van der Waals surface area contributed by atoms with Crippen molar-refractivity contribution in [3.05, 3.63) is 55.6 Å². The molecule has 0 saturated heterocycles. The van der Waals surface area contributed by atoms with Crippen LogP contribution < -0.4 is 11.0 Å². The first-order valence-corrected chi connectivity index (χ1v) is 10.2. The number of nitrogens with zero attached hydrogens (tertiary/aromatic N) is 4. The Morgan fingerprint density at radius 1 is 1.50 bits per heavy atom. The van der Waals surface area contributed by atoms with Gasteiger partial charge in [0.1, 0.15) is 6.54 Å². The fraction of sp³-hybridized carbons (Fsp3) is 0.316. The molecule has 1 atom stereocenters. The molecule has 2 heterocycles. The second kappa shape index (κ2) is 7.81. The average Bonchev–Trinajstić information content (AvgIpc) is 3.02. The van der Waals surface area contributed by atoms with Crippen molar-refractivity contribution in [1.82, 2.24) is 20.4 Å². The van der Waals surface area contributed by atoms with Gasteiger partial charge in [-0.15, -0.1) is 16.4 Å². The van der Waals surface area contributed by atoms with Gasteiger partial charge in [-0.1, -0.05) is 35.9 Å². The lowest BCUT2D eigenvalue weighted by Gasteiger charge is -2.17. The maximum atomic E-state index is 12.8. The van der Waals surface area contributed by atoms with Gasteiger partial charge in [0.25, 0.3) is 11.5 Å². The highest BCUT2D eigenvalue weighted by Gasteiger charge is 2.24. The van der Waals surface area contributed by atoms with Crippen LogP contribution in [0.1, 0.15) is 29.3 Å². The van der Waals surface area contributed by atoms with E-state index in [1.54, 1.807) is 18.2 Å². The molecule has 28 heavy (non-hydrogen) atoms. The standard InChI is InChI=1S/C19H18ClN5O2S/c1-11-5-6-14-15(7-11)28-18-17(14)19(27)25(24-23-18)10-16(26)22-21-9-12-3-2-4-13(20)8-12/h2-4,8-9,11H,5-7,10H2,1H3,(H,22,26)/t11-/m1/s1. The number of thiophene rings is 1. The Labute approximate surface area is 170 Å². The van der Waals surface area contributed by atoms with Crippen molar-refractivity contribution in [2.45, 2.75) is 32.7 Å². The molecule has 0 unspecified atom stereocenters. The second-order valence-corrected chi connectivity index (χ2v) is 8.45. The molecular formula is C19H18ClN5O2S. The Kier molecular flexibility index (Phi) is 5.23. The predicted octanol–water partition coefficient (Wildman–Crippen LogP) is 2.78. The van der Waals surface area contributed by atoms with Gasteiger partial charge in [-0.2, -0.15) is 5.10 Å². The van der Waals surface area contributed by atoms with Crippen LogP contribution in [0, 0.1) is 5.92 Å². The Morgan fingerprint density at radius 2 is 2.36 bits per heavy atom. The van der Waals surface area contributed by atoms with E-state index in [1.165, 1.54) is 22.4 Å². The summed E-state index contributed by atoms with van der Waals surface area (Å²) in [5.74, 6) is 0.158. The van der Waals surface area contributed by atoms with Gasteiger partial charge in [0, 0.05) is 9.90 Å². The monoisotopic (exact) mass is 415 g/mol. The first-order valence-electron chi connectivity index (χ1n) is 8.97. The lowest BCUT2D eigenvalue weighted by molar-refractivity contribution is -0.121. The summed E-state index contributed by atoms with van der Waals surface area (Å²) in [6.45, 7) is 1.97. The summed E-state index contributed by atoms with van der Waals surface area (Å²) in [5.41, 5.74) is 3.96. The third-order valence-electron chi connectivity index (χ3n) is 4.73. The third-order valence-corrected chi connectivity index (χ3v) is 6.10. The molecule has 2 aromatic heterocycles. The molecule has 0 fully saturated rings. The molecule has 1 aliphatic carbocycles. The number of amides is 1. The summed E-state index contributed by atoms with van der Waals surface area (Å²) in [7, 11) is 0. The van der Waals surface area contributed by atoms with E-state index < -0.39 is 5.91 Å². The van der Waals surface area contributed by atoms with Crippen molar-refractivity contribution in [1.29, 1.82) is 0 Å². The van der Waals surface area contributed by atoms with E-state index in [1.807, 2.05) is 6.07 Å². The summed E-state index contributed by atoms with van der Waals surface area (Å²) >= 11 is 7.44. The second-order valence-electron chi connectivity index (χ2n) is 6.93. The van der Waals surface area contributed by atoms with E-state index in [-0.39, 0.29) is 12.1 Å². The SMILES string of the molecule is C[C@@H]1CCc2c(sc3nnn(CC(=O)NN=Cc4cccc(Cl)c4)c(=O)c23)C1. The minimum absolute atomic E-state index is 0.240. The molecule has 0 bridgehead atoms. The first kappa shape index (κ1) is 18.8. The smallest absolute Gasteiger partial charge is 0.271 e. The Hall–Kier alpha value is -2.58. The molecule has 3 aromatic rings. The molecule has 1 aliphatic rings. The summed E-state index contributed by atoms with van der Waals surface area (Å²) in [5, 5.41) is 13.2. The Morgan fingerprint density at radius 3 is 3.18 bits per heavy atom. The molecule has 4 rings (SSSR count). The summed E-state index contributed by atoms with van der Waals surface area (Å²) in [6.07, 6.45) is 4.37. The molecule has 0 radical (unpaired) electrons. The number of carbonyl (C=O) groups excluding carboxylic acids is 1. The summed E-state index contributed by atoms with van der Waals surface area (Å²) in [6, 6.07) is 7.08. The van der Waals surface area contributed by atoms with Gasteiger partial charge in [0.2, 0.25) is 0 Å². The largest absolute Gasteiger partial charge is 0.279 e. The fourth-order valence-corrected chi connectivity index (χ4v) is 4.85. The van der Waals surface area contributed by atoms with Crippen molar-refractivity contribution in [2.24, 2.45) is 11.0 Å². The lowest BCUT2D eigenvalue weighted by Crippen LogP contribution is -2.32. The molecule has 0 spiro atoms. The molecule has 1 amide bonds. The van der Waals surface area contributed by atoms with Gasteiger partial charge in [0.05, 0.1) is 11.6 Å². The number of nitrogens with one attached hydrogen (secondary N) is 1. The lowest BCUT2D eigenvalue weighted by atomic mass is 9.89. The van der Waals surface area contributed by atoms with E-state index in [4.69, 9.17) is 11.6 Å². The number of fused-ring (bicyclic) bond motifs is 3. The maximum Gasteiger partial charge on any atom is 0.279 e. The molecular weight excluding hydrogens is 398 g/mol. The number of hydrogen-bond donors (Lipinski definition) is 1. The fourth-order valence-electron chi connectivity index (χ4n) is 3.33. The van der Waals surface area contributed by atoms with Crippen LogP contribution in [0.5, 0.6) is 0 Å². The maximum absolute atomic E-state index is 12.8. The van der Waals surface area contributed by atoms with E-state index in [0.717, 1.165) is 35.1 Å². The van der Waals surface area contributed by atoms with Crippen LogP contribution in [0.25, 0.3) is 10.2 Å². The Bertz CT molecular complexity index is 1140. The van der Waals surface area contributed by atoms with Gasteiger partial charge in [-0.05, 0) is 48.4 Å². The van der Waals surface area contributed by atoms with Gasteiger partial charge in [-0.3, -0.25) is 9.59 Å². The number of aromatic nitrogens is 3. The highest BCUT2D eigenvalue weighted by atomic mass is 35.5. The highest BCUT2D eigenvalue weighted by molar-refractivity contribution is 7.18. The zero-order valence-corrected chi connectivity index (χ0v) is 16.8. The van der Waals surface area contributed by atoms with Crippen LogP contribution in [0.2, 0.25) is 5.02 Å². The Balaban J connectivity index is 1.51. The van der Waals surface area contributed by atoms with E-state index in [9.17, 15) is 9.59 Å². The van der Waals surface area contributed by atoms with Crippen molar-refractivity contribution >= 4 is 45.3 Å². The van der Waals surface area contributed by atoms with Crippen LogP contribution in [0.15, 0.2) is 34.2 Å². The van der Waals surface area contributed by atoms with E-state index in [0.29, 0.717) is 21.2 Å². The van der Waals surface area contributed by atoms with Gasteiger partial charge >= 0.3 is 0 Å². The zero-order chi connectivity index (χ0) is 19.7. The van der Waals surface area contributed by atoms with E-state index >= 15 is 0 Å². The molecule has 0 saturated carbocycles. The number of halogens is 1. The molecule has 1 N–H and O–H groups in total. The molecule has 1 aromatic carbocycles. The third kappa shape index (κ3) is 3.83. The van der Waals surface area contributed by atoms with Crippen molar-refractivity contribution in [3.63, 3.8) is 0 Å². The van der Waals surface area contributed by atoms with Crippen LogP contribution in [0.4, 0.5) is 0 Å². The highest BCUT2D eigenvalue weighted by Crippen LogP contribution is 2.35. The number of hydrogen-bond acceptors (Lipinski definition) is 6. The van der Waals surface area contributed by atoms with Crippen molar-refractivity contribution < 1.29 is 4.79 Å². The molecule has 0 aliphatic heterocycles. The van der Waals surface area contributed by atoms with Crippen molar-refractivity contribution in [2.75, 3.05) is 0 Å². The van der Waals surface area contributed by atoms with E-state index in [2.05, 4.69) is 27.8 Å². The minimum atomic E-state index is -0.452. The van der Waals surface area contributed by atoms with Crippen LogP contribution >= 0.6 is 22.9 Å². The van der Waals surface area contributed by atoms with Crippen LogP contribution in [-0.4, -0.2) is 27.1 Å². The zero-order valence-electron chi connectivity index (χ0n) is 15.2. The average molecular weight is 416 g/mol. The van der Waals surface area contributed by atoms with Crippen LogP contribution in [0.3, 0.4) is 0 Å². The van der Waals surface area contributed by atoms with Gasteiger partial charge in [0.15, 0.2) is 4.83 Å². The first-order chi connectivity index (χ1) is 13.5. The van der Waals surface area contributed by atoms with Gasteiger partial charge in [-0.25, -0.2) is 10.1 Å². The number of carbonyl (C=O) groups is 1. The molecule has 9 heteroatoms. The number of rotatable bonds is 4. The summed E-state index contributed by atoms with van der Waals surface area (Å²) < 4.78 is 1.09. The van der Waals surface area contributed by atoms with Gasteiger partial charge < -0.3 is 0 Å². The molecule has 7 nitrogen and oxygen atoms in total. The van der Waals surface area contributed by atoms with Crippen LogP contribution in [-0.2, 0) is 24.2 Å². The quantitative estimate of drug-likeness (QED) is 0.524. The summed E-state index contributed by atoms with van der Waals surface area (Å²) in [4.78, 5) is 26.9. The minimum Gasteiger partial charge on any atom is -0.271 e. The normalized spacial score (nSPS) is 16.4. The molecule has 144 valence electrons. The number of hydrazone groups is 1. The number of benzene rings is 1.